The summed E-state index contributed by atoms with van der Waals surface area (Å²) in [6.45, 7) is 4.61. The van der Waals surface area contributed by atoms with E-state index in [9.17, 15) is 9.90 Å². The van der Waals surface area contributed by atoms with Crippen LogP contribution in [0.3, 0.4) is 0 Å². The van der Waals surface area contributed by atoms with Gasteiger partial charge >= 0.3 is 5.97 Å². The number of nitrogens with zero attached hydrogens (tertiary/aromatic N) is 1. The van der Waals surface area contributed by atoms with E-state index in [1.54, 1.807) is 48.5 Å². The molecule has 1 aliphatic rings. The summed E-state index contributed by atoms with van der Waals surface area (Å²) < 4.78 is 5.68. The van der Waals surface area contributed by atoms with Crippen LogP contribution in [0.5, 0.6) is 0 Å². The Hall–Kier alpha value is -1.88. The second-order valence-electron chi connectivity index (χ2n) is 6.29. The molecule has 5 heteroatoms. The standard InChI is InChI=1S/C20H22ClNO3/c1-2-22-13-12-18(14-22)25-19(23)20(24,15-6-4-3-5-7-15)16-8-10-17(21)11-9-16/h3-11,18,24H,2,12-14H2,1H3. The van der Waals surface area contributed by atoms with E-state index in [0.717, 1.165) is 19.5 Å². The quantitative estimate of drug-likeness (QED) is 0.833. The van der Waals surface area contributed by atoms with Crippen molar-refractivity contribution < 1.29 is 14.6 Å². The number of esters is 1. The van der Waals surface area contributed by atoms with Crippen LogP contribution < -0.4 is 0 Å². The molecule has 1 fully saturated rings. The average Bonchev–Trinajstić information content (AvgIpc) is 3.10. The molecule has 3 rings (SSSR count). The van der Waals surface area contributed by atoms with Crippen molar-refractivity contribution in [1.29, 1.82) is 0 Å². The molecule has 0 aliphatic carbocycles. The fraction of sp³-hybridized carbons (Fsp3) is 0.350. The zero-order valence-electron chi connectivity index (χ0n) is 14.2. The number of aliphatic hydroxyl groups is 1. The number of halogens is 1. The van der Waals surface area contributed by atoms with Gasteiger partial charge in [-0.05, 0) is 36.2 Å². The molecule has 25 heavy (non-hydrogen) atoms. The Morgan fingerprint density at radius 3 is 2.44 bits per heavy atom. The number of benzene rings is 2. The van der Waals surface area contributed by atoms with Crippen molar-refractivity contribution in [2.24, 2.45) is 0 Å². The molecular formula is C20H22ClNO3. The second-order valence-corrected chi connectivity index (χ2v) is 6.73. The highest BCUT2D eigenvalue weighted by Gasteiger charge is 2.43. The Bertz CT molecular complexity index is 719. The van der Waals surface area contributed by atoms with E-state index in [2.05, 4.69) is 11.8 Å². The van der Waals surface area contributed by atoms with Gasteiger partial charge in [0.15, 0.2) is 0 Å². The van der Waals surface area contributed by atoms with Crippen molar-refractivity contribution in [2.45, 2.75) is 25.0 Å². The fourth-order valence-corrected chi connectivity index (χ4v) is 3.32. The monoisotopic (exact) mass is 359 g/mol. The third-order valence-electron chi connectivity index (χ3n) is 4.70. The zero-order chi connectivity index (χ0) is 17.9. The zero-order valence-corrected chi connectivity index (χ0v) is 14.9. The number of ether oxygens (including phenoxy) is 1. The summed E-state index contributed by atoms with van der Waals surface area (Å²) in [5.74, 6) is -0.649. The molecular weight excluding hydrogens is 338 g/mol. The summed E-state index contributed by atoms with van der Waals surface area (Å²) in [7, 11) is 0. The van der Waals surface area contributed by atoms with E-state index in [-0.39, 0.29) is 6.10 Å². The molecule has 2 atom stereocenters. The Morgan fingerprint density at radius 2 is 1.84 bits per heavy atom. The molecule has 0 bridgehead atoms. The van der Waals surface area contributed by atoms with Crippen LogP contribution in [0.2, 0.25) is 5.02 Å². The van der Waals surface area contributed by atoms with Gasteiger partial charge in [0.25, 0.3) is 0 Å². The second kappa shape index (κ2) is 7.56. The minimum atomic E-state index is -1.86. The summed E-state index contributed by atoms with van der Waals surface area (Å²) in [6.07, 6.45) is 0.584. The van der Waals surface area contributed by atoms with Crippen LogP contribution >= 0.6 is 11.6 Å². The molecule has 1 N–H and O–H groups in total. The topological polar surface area (TPSA) is 49.8 Å². The first-order chi connectivity index (χ1) is 12.0. The van der Waals surface area contributed by atoms with Crippen molar-refractivity contribution in [2.75, 3.05) is 19.6 Å². The predicted molar refractivity (Wildman–Crippen MR) is 97.5 cm³/mol. The first-order valence-corrected chi connectivity index (χ1v) is 8.89. The molecule has 0 spiro atoms. The number of carbonyl (C=O) groups excluding carboxylic acids is 1. The molecule has 4 nitrogen and oxygen atoms in total. The predicted octanol–water partition coefficient (Wildman–Crippen LogP) is 3.21. The van der Waals surface area contributed by atoms with E-state index in [0.29, 0.717) is 22.7 Å². The maximum Gasteiger partial charge on any atom is 0.348 e. The molecule has 1 heterocycles. The van der Waals surface area contributed by atoms with Crippen LogP contribution in [0, 0.1) is 0 Å². The molecule has 0 saturated carbocycles. The lowest BCUT2D eigenvalue weighted by Gasteiger charge is -2.28. The van der Waals surface area contributed by atoms with Crippen LogP contribution in [0.15, 0.2) is 54.6 Å². The first-order valence-electron chi connectivity index (χ1n) is 8.51. The van der Waals surface area contributed by atoms with Gasteiger partial charge in [-0.25, -0.2) is 4.79 Å². The number of carbonyl (C=O) groups is 1. The minimum absolute atomic E-state index is 0.199. The number of hydrogen-bond acceptors (Lipinski definition) is 4. The van der Waals surface area contributed by atoms with Gasteiger partial charge in [-0.1, -0.05) is 61.0 Å². The van der Waals surface area contributed by atoms with Gasteiger partial charge in [0.2, 0.25) is 5.60 Å². The van der Waals surface area contributed by atoms with Gasteiger partial charge in [-0.2, -0.15) is 0 Å². The lowest BCUT2D eigenvalue weighted by Crippen LogP contribution is -2.41. The van der Waals surface area contributed by atoms with Gasteiger partial charge in [-0.15, -0.1) is 0 Å². The number of likely N-dealkylation sites (tertiary alicyclic amines) is 1. The summed E-state index contributed by atoms with van der Waals surface area (Å²) >= 11 is 5.95. The van der Waals surface area contributed by atoms with Crippen molar-refractivity contribution in [3.8, 4) is 0 Å². The van der Waals surface area contributed by atoms with Crippen molar-refractivity contribution in [3.63, 3.8) is 0 Å². The highest BCUT2D eigenvalue weighted by Crippen LogP contribution is 2.33. The number of rotatable bonds is 5. The Labute approximate surface area is 153 Å². The van der Waals surface area contributed by atoms with Crippen molar-refractivity contribution in [3.05, 3.63) is 70.7 Å². The summed E-state index contributed by atoms with van der Waals surface area (Å²) in [6, 6.07) is 15.5. The van der Waals surface area contributed by atoms with Gasteiger partial charge in [0.05, 0.1) is 0 Å². The lowest BCUT2D eigenvalue weighted by molar-refractivity contribution is -0.167. The van der Waals surface area contributed by atoms with Gasteiger partial charge in [0.1, 0.15) is 6.10 Å². The van der Waals surface area contributed by atoms with Gasteiger partial charge < -0.3 is 9.84 Å². The lowest BCUT2D eigenvalue weighted by atomic mass is 9.86. The fourth-order valence-electron chi connectivity index (χ4n) is 3.19. The largest absolute Gasteiger partial charge is 0.458 e. The molecule has 2 aromatic carbocycles. The van der Waals surface area contributed by atoms with Crippen LogP contribution in [0.1, 0.15) is 24.5 Å². The molecule has 1 saturated heterocycles. The molecule has 0 radical (unpaired) electrons. The van der Waals surface area contributed by atoms with E-state index < -0.39 is 11.6 Å². The van der Waals surface area contributed by atoms with Crippen LogP contribution in [0.4, 0.5) is 0 Å². The molecule has 2 aromatic rings. The Kier molecular flexibility index (Phi) is 5.42. The highest BCUT2D eigenvalue weighted by atomic mass is 35.5. The van der Waals surface area contributed by atoms with Crippen molar-refractivity contribution in [1.82, 2.24) is 4.90 Å². The van der Waals surface area contributed by atoms with E-state index in [4.69, 9.17) is 16.3 Å². The SMILES string of the molecule is CCN1CCC(OC(=O)C(O)(c2ccccc2)c2ccc(Cl)cc2)C1. The maximum atomic E-state index is 13.0. The van der Waals surface area contributed by atoms with E-state index >= 15 is 0 Å². The van der Waals surface area contributed by atoms with Crippen molar-refractivity contribution >= 4 is 17.6 Å². The third kappa shape index (κ3) is 3.71. The number of hydrogen-bond donors (Lipinski definition) is 1. The van der Waals surface area contributed by atoms with Gasteiger partial charge in [0, 0.05) is 18.1 Å². The number of likely N-dealkylation sites (N-methyl/N-ethyl adjacent to an activating group) is 1. The van der Waals surface area contributed by atoms with Crippen LogP contribution in [-0.4, -0.2) is 41.7 Å². The molecule has 2 unspecified atom stereocenters. The Balaban J connectivity index is 1.91. The third-order valence-corrected chi connectivity index (χ3v) is 4.95. The highest BCUT2D eigenvalue weighted by molar-refractivity contribution is 6.30. The molecule has 0 amide bonds. The van der Waals surface area contributed by atoms with Crippen LogP contribution in [-0.2, 0) is 15.1 Å². The summed E-state index contributed by atoms with van der Waals surface area (Å²) in [5.41, 5.74) is -0.933. The van der Waals surface area contributed by atoms with Gasteiger partial charge in [-0.3, -0.25) is 4.90 Å². The molecule has 1 aliphatic heterocycles. The van der Waals surface area contributed by atoms with E-state index in [1.807, 2.05) is 6.07 Å². The Morgan fingerprint density at radius 1 is 1.20 bits per heavy atom. The smallest absolute Gasteiger partial charge is 0.348 e. The summed E-state index contributed by atoms with van der Waals surface area (Å²) in [5, 5.41) is 11.9. The normalized spacial score (nSPS) is 20.2. The first kappa shape index (κ1) is 17.9. The van der Waals surface area contributed by atoms with Crippen LogP contribution in [0.25, 0.3) is 0 Å². The molecule has 132 valence electrons. The molecule has 0 aromatic heterocycles. The maximum absolute atomic E-state index is 13.0. The summed E-state index contributed by atoms with van der Waals surface area (Å²) in [4.78, 5) is 15.2. The minimum Gasteiger partial charge on any atom is -0.458 e. The average molecular weight is 360 g/mol. The van der Waals surface area contributed by atoms with E-state index in [1.165, 1.54) is 0 Å².